The predicted octanol–water partition coefficient (Wildman–Crippen LogP) is 1.72. The molecule has 8 heteroatoms. The van der Waals surface area contributed by atoms with Gasteiger partial charge in [-0.15, -0.1) is 0 Å². The zero-order chi connectivity index (χ0) is 14.6. The van der Waals surface area contributed by atoms with Gasteiger partial charge in [0.25, 0.3) is 0 Å². The Kier molecular flexibility index (Phi) is 5.28. The lowest BCUT2D eigenvalue weighted by molar-refractivity contribution is 0.0691. The lowest BCUT2D eigenvalue weighted by Crippen LogP contribution is -2.12. The number of aliphatic hydroxyl groups excluding tert-OH is 1. The van der Waals surface area contributed by atoms with Gasteiger partial charge < -0.3 is 10.2 Å². The highest BCUT2D eigenvalue weighted by Crippen LogP contribution is 2.25. The third-order valence-corrected chi connectivity index (χ3v) is 4.40. The monoisotopic (exact) mass is 310 g/mol. The number of carboxylic acids is 1. The topological polar surface area (TPSA) is 91.7 Å². The minimum Gasteiger partial charge on any atom is -0.478 e. The molecular weight excluding hydrogens is 299 g/mol. The zero-order valence-corrected chi connectivity index (χ0v) is 11.3. The van der Waals surface area contributed by atoms with E-state index in [9.17, 15) is 17.6 Å². The van der Waals surface area contributed by atoms with E-state index < -0.39 is 32.1 Å². The van der Waals surface area contributed by atoms with Crippen LogP contribution < -0.4 is 0 Å². The van der Waals surface area contributed by atoms with Gasteiger partial charge in [-0.25, -0.2) is 17.6 Å². The van der Waals surface area contributed by atoms with E-state index in [0.717, 1.165) is 12.1 Å². The molecule has 2 N–H and O–H groups in total. The van der Waals surface area contributed by atoms with Gasteiger partial charge in [0.2, 0.25) is 0 Å². The highest BCUT2D eigenvalue weighted by Gasteiger charge is 2.24. The standard InChI is InChI=1S/C11H12ClFO5S/c12-7-5-8(11(15)16)10(13)9(6-7)19(17,18)4-2-1-3-14/h5-6,14H,1-4H2,(H,15,16). The van der Waals surface area contributed by atoms with Crippen molar-refractivity contribution in [3.8, 4) is 0 Å². The fourth-order valence-corrected chi connectivity index (χ4v) is 3.24. The Hall–Kier alpha value is -1.18. The van der Waals surface area contributed by atoms with Gasteiger partial charge in [0.05, 0.1) is 11.3 Å². The van der Waals surface area contributed by atoms with Crippen molar-refractivity contribution < 1.29 is 27.8 Å². The van der Waals surface area contributed by atoms with Gasteiger partial charge in [0, 0.05) is 11.6 Å². The van der Waals surface area contributed by atoms with E-state index >= 15 is 0 Å². The van der Waals surface area contributed by atoms with E-state index in [1.54, 1.807) is 0 Å². The summed E-state index contributed by atoms with van der Waals surface area (Å²) in [5.41, 5.74) is -0.784. The van der Waals surface area contributed by atoms with Crippen LogP contribution in [-0.4, -0.2) is 37.0 Å². The number of hydrogen-bond donors (Lipinski definition) is 2. The molecule has 0 heterocycles. The fourth-order valence-electron chi connectivity index (χ4n) is 1.46. The Morgan fingerprint density at radius 2 is 1.95 bits per heavy atom. The number of benzene rings is 1. The second kappa shape index (κ2) is 6.31. The van der Waals surface area contributed by atoms with E-state index in [1.807, 2.05) is 0 Å². The molecule has 0 amide bonds. The molecule has 0 aliphatic heterocycles. The first-order valence-corrected chi connectivity index (χ1v) is 7.38. The van der Waals surface area contributed by atoms with Crippen molar-refractivity contribution in [1.29, 1.82) is 0 Å². The Labute approximate surface area is 114 Å². The van der Waals surface area contributed by atoms with Crippen molar-refractivity contribution >= 4 is 27.4 Å². The Morgan fingerprint density at radius 3 is 2.47 bits per heavy atom. The zero-order valence-electron chi connectivity index (χ0n) is 9.77. The second-order valence-corrected chi connectivity index (χ2v) is 6.33. The first-order valence-electron chi connectivity index (χ1n) is 5.35. The number of sulfone groups is 1. The molecule has 0 bridgehead atoms. The van der Waals surface area contributed by atoms with Crippen molar-refractivity contribution in [2.45, 2.75) is 17.7 Å². The van der Waals surface area contributed by atoms with Gasteiger partial charge in [-0.3, -0.25) is 0 Å². The van der Waals surface area contributed by atoms with Crippen LogP contribution in [0.2, 0.25) is 5.02 Å². The minimum absolute atomic E-state index is 0.146. The van der Waals surface area contributed by atoms with Gasteiger partial charge in [-0.05, 0) is 25.0 Å². The quantitative estimate of drug-likeness (QED) is 0.781. The highest BCUT2D eigenvalue weighted by atomic mass is 35.5. The van der Waals surface area contributed by atoms with Gasteiger partial charge in [-0.1, -0.05) is 11.6 Å². The maximum Gasteiger partial charge on any atom is 0.338 e. The first kappa shape index (κ1) is 15.9. The average Bonchev–Trinajstić information content (AvgIpc) is 2.31. The van der Waals surface area contributed by atoms with E-state index in [1.165, 1.54) is 0 Å². The van der Waals surface area contributed by atoms with Crippen molar-refractivity contribution in [3.05, 3.63) is 28.5 Å². The number of rotatable bonds is 6. The molecule has 5 nitrogen and oxygen atoms in total. The minimum atomic E-state index is -3.98. The van der Waals surface area contributed by atoms with E-state index in [4.69, 9.17) is 21.8 Å². The summed E-state index contributed by atoms with van der Waals surface area (Å²) >= 11 is 5.60. The van der Waals surface area contributed by atoms with Crippen LogP contribution in [0.4, 0.5) is 4.39 Å². The summed E-state index contributed by atoms with van der Waals surface area (Å²) in [4.78, 5) is 10.1. The van der Waals surface area contributed by atoms with Crippen molar-refractivity contribution in [2.75, 3.05) is 12.4 Å². The molecular formula is C11H12ClFO5S. The van der Waals surface area contributed by atoms with Gasteiger partial charge >= 0.3 is 5.97 Å². The van der Waals surface area contributed by atoms with Gasteiger partial charge in [-0.2, -0.15) is 0 Å². The number of aliphatic hydroxyl groups is 1. The van der Waals surface area contributed by atoms with Crippen molar-refractivity contribution in [2.24, 2.45) is 0 Å². The van der Waals surface area contributed by atoms with Gasteiger partial charge in [0.1, 0.15) is 4.90 Å². The first-order chi connectivity index (χ1) is 8.79. The number of aromatic carboxylic acids is 1. The number of hydrogen-bond acceptors (Lipinski definition) is 4. The van der Waals surface area contributed by atoms with Crippen molar-refractivity contribution in [3.63, 3.8) is 0 Å². The molecule has 0 spiro atoms. The lowest BCUT2D eigenvalue weighted by Gasteiger charge is -2.08. The molecule has 0 aliphatic carbocycles. The predicted molar refractivity (Wildman–Crippen MR) is 66.7 cm³/mol. The maximum atomic E-state index is 13.8. The number of carboxylic acid groups (broad SMARTS) is 1. The summed E-state index contributed by atoms with van der Waals surface area (Å²) in [5, 5.41) is 17.2. The fraction of sp³-hybridized carbons (Fsp3) is 0.364. The average molecular weight is 311 g/mol. The van der Waals surface area contributed by atoms with Crippen LogP contribution in [0, 0.1) is 5.82 Å². The molecule has 19 heavy (non-hydrogen) atoms. The van der Waals surface area contributed by atoms with E-state index in [-0.39, 0.29) is 30.2 Å². The van der Waals surface area contributed by atoms with Crippen LogP contribution in [0.3, 0.4) is 0 Å². The van der Waals surface area contributed by atoms with Crippen LogP contribution in [0.1, 0.15) is 23.2 Å². The summed E-state index contributed by atoms with van der Waals surface area (Å²) in [6.45, 7) is -0.173. The summed E-state index contributed by atoms with van der Waals surface area (Å²) < 4.78 is 37.6. The van der Waals surface area contributed by atoms with Crippen LogP contribution in [0.25, 0.3) is 0 Å². The largest absolute Gasteiger partial charge is 0.478 e. The summed E-state index contributed by atoms with van der Waals surface area (Å²) in [6.07, 6.45) is 0.403. The van der Waals surface area contributed by atoms with E-state index in [2.05, 4.69) is 0 Å². The van der Waals surface area contributed by atoms with Crippen LogP contribution in [0.15, 0.2) is 17.0 Å². The molecule has 0 fully saturated rings. The molecule has 0 aromatic heterocycles. The number of carbonyl (C=O) groups is 1. The molecule has 0 radical (unpaired) electrons. The highest BCUT2D eigenvalue weighted by molar-refractivity contribution is 7.91. The van der Waals surface area contributed by atoms with Crippen LogP contribution in [0.5, 0.6) is 0 Å². The molecule has 1 rings (SSSR count). The Balaban J connectivity index is 3.23. The third-order valence-electron chi connectivity index (χ3n) is 2.39. The van der Waals surface area contributed by atoms with Crippen molar-refractivity contribution in [1.82, 2.24) is 0 Å². The summed E-state index contributed by atoms with van der Waals surface area (Å²) in [6, 6.07) is 1.74. The molecule has 0 aliphatic rings. The molecule has 1 aromatic carbocycles. The third kappa shape index (κ3) is 3.89. The lowest BCUT2D eigenvalue weighted by atomic mass is 10.2. The molecule has 0 saturated carbocycles. The van der Waals surface area contributed by atoms with E-state index in [0.29, 0.717) is 0 Å². The number of halogens is 2. The molecule has 106 valence electrons. The molecule has 0 atom stereocenters. The smallest absolute Gasteiger partial charge is 0.338 e. The van der Waals surface area contributed by atoms with Crippen LogP contribution in [-0.2, 0) is 9.84 Å². The Bertz CT molecular complexity index is 585. The summed E-state index contributed by atoms with van der Waals surface area (Å²) in [7, 11) is -3.98. The van der Waals surface area contributed by atoms with Crippen LogP contribution >= 0.6 is 11.6 Å². The number of unbranched alkanes of at least 4 members (excludes halogenated alkanes) is 1. The summed E-state index contributed by atoms with van der Waals surface area (Å²) in [5.74, 6) is -3.29. The maximum absolute atomic E-state index is 13.8. The Morgan fingerprint density at radius 1 is 1.32 bits per heavy atom. The molecule has 0 unspecified atom stereocenters. The van der Waals surface area contributed by atoms with Gasteiger partial charge in [0.15, 0.2) is 15.7 Å². The second-order valence-electron chi connectivity index (χ2n) is 3.82. The SMILES string of the molecule is O=C(O)c1cc(Cl)cc(S(=O)(=O)CCCCO)c1F. The molecule has 1 aromatic rings. The normalized spacial score (nSPS) is 11.5. The molecule has 0 saturated heterocycles.